The molecule has 0 saturated heterocycles. The van der Waals surface area contributed by atoms with Gasteiger partial charge in [-0.25, -0.2) is 0 Å². The average molecular weight is 525 g/mol. The summed E-state index contributed by atoms with van der Waals surface area (Å²) in [6.45, 7) is 4.86. The van der Waals surface area contributed by atoms with E-state index in [4.69, 9.17) is 26.2 Å². The van der Waals surface area contributed by atoms with Crippen molar-refractivity contribution in [3.8, 4) is 22.6 Å². The van der Waals surface area contributed by atoms with Gasteiger partial charge >= 0.3 is 5.97 Å². The standard InChI is InChI=1S/C29H33ClN2O5/c1-4-19(2)27(32-22-9-5-21(6-10-22)29(35)31-16-15-28(33)34)18-37-23-11-7-20(8-12-23)25-14-13-24(36-3)17-26(25)30/h5-14,17,19,27,32H,4,15-16,18H2,1-3H3,(H,31,35)(H,33,34). The SMILES string of the molecule is CCC(C)C(COc1ccc(-c2ccc(OC)cc2Cl)cc1)Nc1ccc(C(=O)NCCC(=O)O)cc1. The summed E-state index contributed by atoms with van der Waals surface area (Å²) >= 11 is 6.41. The highest BCUT2D eigenvalue weighted by atomic mass is 35.5. The van der Waals surface area contributed by atoms with E-state index in [1.54, 1.807) is 25.3 Å². The zero-order valence-corrected chi connectivity index (χ0v) is 22.0. The largest absolute Gasteiger partial charge is 0.497 e. The fourth-order valence-electron chi connectivity index (χ4n) is 3.72. The Morgan fingerprint density at radius 1 is 1.00 bits per heavy atom. The fourth-order valence-corrected chi connectivity index (χ4v) is 4.00. The van der Waals surface area contributed by atoms with Crippen LogP contribution in [0.5, 0.6) is 11.5 Å². The molecule has 7 nitrogen and oxygen atoms in total. The van der Waals surface area contributed by atoms with Gasteiger partial charge in [-0.05, 0) is 66.1 Å². The summed E-state index contributed by atoms with van der Waals surface area (Å²) in [5.74, 6) is 0.573. The maximum Gasteiger partial charge on any atom is 0.305 e. The third-order valence-electron chi connectivity index (χ3n) is 6.23. The van der Waals surface area contributed by atoms with Crippen LogP contribution < -0.4 is 20.1 Å². The van der Waals surface area contributed by atoms with Crippen molar-refractivity contribution in [1.29, 1.82) is 0 Å². The first kappa shape index (κ1) is 27.9. The summed E-state index contributed by atoms with van der Waals surface area (Å²) in [6.07, 6.45) is 0.861. The van der Waals surface area contributed by atoms with E-state index in [1.807, 2.05) is 48.5 Å². The number of rotatable bonds is 13. The number of halogens is 1. The first-order valence-corrected chi connectivity index (χ1v) is 12.6. The Morgan fingerprint density at radius 2 is 1.68 bits per heavy atom. The van der Waals surface area contributed by atoms with E-state index in [-0.39, 0.29) is 24.9 Å². The van der Waals surface area contributed by atoms with Crippen LogP contribution in [0.2, 0.25) is 5.02 Å². The first-order chi connectivity index (χ1) is 17.8. The number of amides is 1. The fraction of sp³-hybridized carbons (Fsp3) is 0.310. The van der Waals surface area contributed by atoms with Crippen molar-refractivity contribution < 1.29 is 24.2 Å². The number of carboxylic acid groups (broad SMARTS) is 1. The molecule has 0 aliphatic heterocycles. The number of carbonyl (C=O) groups is 2. The number of anilines is 1. The Morgan fingerprint density at radius 3 is 2.27 bits per heavy atom. The number of methoxy groups -OCH3 is 1. The van der Waals surface area contributed by atoms with Crippen LogP contribution in [0, 0.1) is 5.92 Å². The molecule has 3 N–H and O–H groups in total. The molecule has 0 radical (unpaired) electrons. The van der Waals surface area contributed by atoms with Crippen molar-refractivity contribution in [2.24, 2.45) is 5.92 Å². The summed E-state index contributed by atoms with van der Waals surface area (Å²) in [6, 6.07) is 20.6. The molecule has 0 aliphatic rings. The molecule has 8 heteroatoms. The van der Waals surface area contributed by atoms with Crippen molar-refractivity contribution in [1.82, 2.24) is 5.32 Å². The summed E-state index contributed by atoms with van der Waals surface area (Å²) < 4.78 is 11.3. The van der Waals surface area contributed by atoms with Gasteiger partial charge in [-0.3, -0.25) is 9.59 Å². The van der Waals surface area contributed by atoms with Crippen LogP contribution in [0.25, 0.3) is 11.1 Å². The van der Waals surface area contributed by atoms with E-state index in [9.17, 15) is 9.59 Å². The van der Waals surface area contributed by atoms with E-state index in [1.165, 1.54) is 0 Å². The topological polar surface area (TPSA) is 96.9 Å². The van der Waals surface area contributed by atoms with E-state index in [0.717, 1.165) is 29.0 Å². The third-order valence-corrected chi connectivity index (χ3v) is 6.54. The van der Waals surface area contributed by atoms with E-state index in [2.05, 4.69) is 24.5 Å². The highest BCUT2D eigenvalue weighted by Crippen LogP contribution is 2.32. The molecular weight excluding hydrogens is 492 g/mol. The van der Waals surface area contributed by atoms with Gasteiger partial charge in [0.2, 0.25) is 0 Å². The lowest BCUT2D eigenvalue weighted by Gasteiger charge is -2.25. The molecule has 37 heavy (non-hydrogen) atoms. The molecule has 0 heterocycles. The summed E-state index contributed by atoms with van der Waals surface area (Å²) in [5, 5.41) is 15.5. The lowest BCUT2D eigenvalue weighted by molar-refractivity contribution is -0.136. The van der Waals surface area contributed by atoms with Crippen molar-refractivity contribution in [2.75, 3.05) is 25.6 Å². The monoisotopic (exact) mass is 524 g/mol. The van der Waals surface area contributed by atoms with Crippen LogP contribution in [0.3, 0.4) is 0 Å². The van der Waals surface area contributed by atoms with Gasteiger partial charge in [0.1, 0.15) is 18.1 Å². The number of hydrogen-bond donors (Lipinski definition) is 3. The second-order valence-corrected chi connectivity index (χ2v) is 9.20. The van der Waals surface area contributed by atoms with E-state index in [0.29, 0.717) is 28.9 Å². The van der Waals surface area contributed by atoms with Crippen LogP contribution in [-0.4, -0.2) is 43.3 Å². The molecule has 196 valence electrons. The average Bonchev–Trinajstić information content (AvgIpc) is 2.91. The molecule has 0 fully saturated rings. The minimum atomic E-state index is -0.948. The van der Waals surface area contributed by atoms with Gasteiger partial charge in [-0.1, -0.05) is 44.0 Å². The molecule has 0 spiro atoms. The minimum Gasteiger partial charge on any atom is -0.497 e. The van der Waals surface area contributed by atoms with Crippen LogP contribution in [-0.2, 0) is 4.79 Å². The van der Waals surface area contributed by atoms with Gasteiger partial charge < -0.3 is 25.2 Å². The second kappa shape index (κ2) is 13.6. The van der Waals surface area contributed by atoms with Gasteiger partial charge in [-0.15, -0.1) is 0 Å². The number of carboxylic acids is 1. The Balaban J connectivity index is 1.60. The van der Waals surface area contributed by atoms with Crippen molar-refractivity contribution in [3.63, 3.8) is 0 Å². The van der Waals surface area contributed by atoms with Gasteiger partial charge in [0.05, 0.1) is 24.6 Å². The molecule has 0 bridgehead atoms. The van der Waals surface area contributed by atoms with Crippen molar-refractivity contribution in [2.45, 2.75) is 32.7 Å². The molecule has 0 aliphatic carbocycles. The van der Waals surface area contributed by atoms with E-state index < -0.39 is 5.97 Å². The number of nitrogens with one attached hydrogen (secondary N) is 2. The number of aliphatic carboxylic acids is 1. The Kier molecular flexibility index (Phi) is 10.2. The molecular formula is C29H33ClN2O5. The third kappa shape index (κ3) is 8.15. The summed E-state index contributed by atoms with van der Waals surface area (Å²) in [4.78, 5) is 22.8. The molecule has 3 aromatic carbocycles. The summed E-state index contributed by atoms with van der Waals surface area (Å²) in [7, 11) is 1.61. The van der Waals surface area contributed by atoms with Crippen LogP contribution in [0.4, 0.5) is 5.69 Å². The van der Waals surface area contributed by atoms with Crippen molar-refractivity contribution >= 4 is 29.2 Å². The number of benzene rings is 3. The molecule has 2 atom stereocenters. The quantitative estimate of drug-likeness (QED) is 0.249. The molecule has 1 amide bonds. The predicted octanol–water partition coefficient (Wildman–Crippen LogP) is 6.13. The lowest BCUT2D eigenvalue weighted by Crippen LogP contribution is -2.33. The maximum atomic E-state index is 12.2. The smallest absolute Gasteiger partial charge is 0.305 e. The molecule has 0 aromatic heterocycles. The zero-order valence-electron chi connectivity index (χ0n) is 21.3. The second-order valence-electron chi connectivity index (χ2n) is 8.79. The molecule has 0 saturated carbocycles. The highest BCUT2D eigenvalue weighted by molar-refractivity contribution is 6.33. The minimum absolute atomic E-state index is 0.0518. The molecule has 3 rings (SSSR count). The van der Waals surface area contributed by atoms with Crippen LogP contribution >= 0.6 is 11.6 Å². The van der Waals surface area contributed by atoms with Crippen molar-refractivity contribution in [3.05, 3.63) is 77.3 Å². The first-order valence-electron chi connectivity index (χ1n) is 12.2. The van der Waals surface area contributed by atoms with Crippen LogP contribution in [0.1, 0.15) is 37.0 Å². The molecule has 3 aromatic rings. The van der Waals surface area contributed by atoms with Gasteiger partial charge in [0.15, 0.2) is 0 Å². The van der Waals surface area contributed by atoms with Crippen LogP contribution in [0.15, 0.2) is 66.7 Å². The number of carbonyl (C=O) groups excluding carboxylic acids is 1. The molecule has 2 unspecified atom stereocenters. The predicted molar refractivity (Wildman–Crippen MR) is 147 cm³/mol. The number of hydrogen-bond acceptors (Lipinski definition) is 5. The zero-order chi connectivity index (χ0) is 26.8. The Bertz CT molecular complexity index is 1180. The Hall–Kier alpha value is -3.71. The van der Waals surface area contributed by atoms with Gasteiger partial charge in [0.25, 0.3) is 5.91 Å². The number of ether oxygens (including phenoxy) is 2. The van der Waals surface area contributed by atoms with E-state index >= 15 is 0 Å². The lowest BCUT2D eigenvalue weighted by atomic mass is 9.99. The maximum absolute atomic E-state index is 12.2. The van der Waals surface area contributed by atoms with Gasteiger partial charge in [-0.2, -0.15) is 0 Å². The summed E-state index contributed by atoms with van der Waals surface area (Å²) in [5.41, 5.74) is 3.26. The normalized spacial score (nSPS) is 12.3. The highest BCUT2D eigenvalue weighted by Gasteiger charge is 2.17. The Labute approximate surface area is 222 Å². The van der Waals surface area contributed by atoms with Gasteiger partial charge in [0, 0.05) is 23.4 Å².